The van der Waals surface area contributed by atoms with Crippen LogP contribution >= 0.6 is 0 Å². The molecular formula is C34H30N4O3. The topological polar surface area (TPSA) is 99.2 Å². The summed E-state index contributed by atoms with van der Waals surface area (Å²) in [6, 6.07) is 27.5. The number of para-hydroxylation sites is 1. The van der Waals surface area contributed by atoms with Gasteiger partial charge >= 0.3 is 0 Å². The van der Waals surface area contributed by atoms with Gasteiger partial charge in [-0.2, -0.15) is 0 Å². The van der Waals surface area contributed by atoms with Gasteiger partial charge in [0.05, 0.1) is 28.7 Å². The molecule has 1 unspecified atom stereocenters. The molecule has 1 fully saturated rings. The number of aromatic nitrogens is 3. The highest BCUT2D eigenvalue weighted by Crippen LogP contribution is 2.52. The molecule has 204 valence electrons. The van der Waals surface area contributed by atoms with E-state index in [0.29, 0.717) is 36.3 Å². The van der Waals surface area contributed by atoms with Crippen LogP contribution in [0.2, 0.25) is 0 Å². The molecule has 7 rings (SSSR count). The molecule has 5 aromatic rings. The number of nitrogens with zero attached hydrogens (tertiary/aromatic N) is 3. The van der Waals surface area contributed by atoms with Gasteiger partial charge in [-0.15, -0.1) is 0 Å². The Balaban J connectivity index is 1.13. The number of hydrogen-bond acceptors (Lipinski definition) is 5. The van der Waals surface area contributed by atoms with Crippen molar-refractivity contribution < 1.29 is 9.90 Å². The van der Waals surface area contributed by atoms with Crippen molar-refractivity contribution in [3.63, 3.8) is 0 Å². The van der Waals surface area contributed by atoms with Crippen LogP contribution in [0.4, 0.5) is 0 Å². The molecule has 0 spiro atoms. The summed E-state index contributed by atoms with van der Waals surface area (Å²) in [4.78, 5) is 41.0. The Kier molecular flexibility index (Phi) is 6.24. The minimum atomic E-state index is -1.34. The van der Waals surface area contributed by atoms with Crippen molar-refractivity contribution in [2.45, 2.75) is 43.7 Å². The highest BCUT2D eigenvalue weighted by atomic mass is 16.3. The van der Waals surface area contributed by atoms with Gasteiger partial charge in [0.2, 0.25) is 0 Å². The lowest BCUT2D eigenvalue weighted by atomic mass is 9.94. The first-order valence-corrected chi connectivity index (χ1v) is 14.1. The molecule has 1 aliphatic heterocycles. The number of aryl methyl sites for hydroxylation is 1. The number of rotatable bonds is 5. The number of hydrogen-bond donors (Lipinski definition) is 2. The Bertz CT molecular complexity index is 1830. The van der Waals surface area contributed by atoms with Gasteiger partial charge < -0.3 is 15.0 Å². The zero-order valence-corrected chi connectivity index (χ0v) is 22.6. The van der Waals surface area contributed by atoms with E-state index >= 15 is 0 Å². The maximum absolute atomic E-state index is 13.5. The molecular weight excluding hydrogens is 512 g/mol. The van der Waals surface area contributed by atoms with Gasteiger partial charge in [0, 0.05) is 23.7 Å². The van der Waals surface area contributed by atoms with E-state index in [1.165, 1.54) is 5.56 Å². The van der Waals surface area contributed by atoms with Crippen LogP contribution < -0.4 is 5.56 Å². The highest BCUT2D eigenvalue weighted by molar-refractivity contribution is 5.85. The Labute approximate surface area is 237 Å². The number of aromatic amines is 1. The fourth-order valence-electron chi connectivity index (χ4n) is 6.01. The summed E-state index contributed by atoms with van der Waals surface area (Å²) in [7, 11) is 0. The van der Waals surface area contributed by atoms with E-state index in [2.05, 4.69) is 28.2 Å². The molecule has 0 radical (unpaired) electrons. The van der Waals surface area contributed by atoms with Crippen molar-refractivity contribution in [3.8, 4) is 11.1 Å². The second kappa shape index (κ2) is 10.1. The Hall–Kier alpha value is -4.62. The van der Waals surface area contributed by atoms with E-state index in [1.807, 2.05) is 60.7 Å². The number of carbonyl (C=O) groups is 1. The van der Waals surface area contributed by atoms with Gasteiger partial charge in [-0.05, 0) is 60.6 Å². The Morgan fingerprint density at radius 2 is 1.76 bits per heavy atom. The van der Waals surface area contributed by atoms with Gasteiger partial charge in [-0.25, -0.2) is 4.98 Å². The number of nitrogens with one attached hydrogen (secondary N) is 1. The largest absolute Gasteiger partial charge is 0.378 e. The predicted molar refractivity (Wildman–Crippen MR) is 157 cm³/mol. The summed E-state index contributed by atoms with van der Waals surface area (Å²) in [6.07, 6.45) is 3.64. The van der Waals surface area contributed by atoms with Crippen molar-refractivity contribution in [2.75, 3.05) is 6.54 Å². The van der Waals surface area contributed by atoms with Crippen LogP contribution in [0, 0.1) is 0 Å². The molecule has 1 aliphatic carbocycles. The molecule has 3 aromatic carbocycles. The summed E-state index contributed by atoms with van der Waals surface area (Å²) in [5, 5.41) is 12.2. The van der Waals surface area contributed by atoms with E-state index in [1.54, 1.807) is 17.2 Å². The lowest BCUT2D eigenvalue weighted by molar-refractivity contribution is -0.141. The third-order valence-electron chi connectivity index (χ3n) is 8.49. The molecule has 7 nitrogen and oxygen atoms in total. The fraction of sp³-hybridized carbons (Fsp3) is 0.235. The zero-order chi connectivity index (χ0) is 28.0. The van der Waals surface area contributed by atoms with Crippen LogP contribution in [-0.2, 0) is 23.2 Å². The smallest absolute Gasteiger partial charge is 0.256 e. The molecule has 7 heteroatoms. The molecule has 41 heavy (non-hydrogen) atoms. The fourth-order valence-corrected chi connectivity index (χ4v) is 6.01. The van der Waals surface area contributed by atoms with E-state index in [9.17, 15) is 14.7 Å². The average Bonchev–Trinajstić information content (AvgIpc) is 3.85. The first-order chi connectivity index (χ1) is 20.0. The van der Waals surface area contributed by atoms with E-state index in [4.69, 9.17) is 4.98 Å². The molecule has 0 saturated heterocycles. The minimum absolute atomic E-state index is 0.125. The first kappa shape index (κ1) is 25.4. The minimum Gasteiger partial charge on any atom is -0.378 e. The second-order valence-electron chi connectivity index (χ2n) is 11.1. The van der Waals surface area contributed by atoms with Crippen LogP contribution in [0.25, 0.3) is 22.0 Å². The molecule has 2 aliphatic rings. The van der Waals surface area contributed by atoms with Crippen molar-refractivity contribution >= 4 is 16.8 Å². The summed E-state index contributed by atoms with van der Waals surface area (Å²) < 4.78 is 0. The number of fused-ring (bicyclic) bond motifs is 2. The number of amides is 1. The van der Waals surface area contributed by atoms with Crippen molar-refractivity contribution in [1.29, 1.82) is 0 Å². The summed E-state index contributed by atoms with van der Waals surface area (Å²) in [5.74, 6) is 0.297. The zero-order valence-electron chi connectivity index (χ0n) is 22.6. The van der Waals surface area contributed by atoms with E-state index in [0.717, 1.165) is 40.6 Å². The maximum Gasteiger partial charge on any atom is 0.256 e. The molecule has 1 saturated carbocycles. The molecule has 1 atom stereocenters. The Morgan fingerprint density at radius 3 is 2.59 bits per heavy atom. The summed E-state index contributed by atoms with van der Waals surface area (Å²) >= 11 is 0. The van der Waals surface area contributed by atoms with Crippen molar-refractivity contribution in [1.82, 2.24) is 19.9 Å². The standard InChI is InChI=1S/C34H30N4O3/c39-30(24-10-6-9-22(18-24)25-19-23-8-4-5-13-28(23)35-20-25)32(41)38-17-7-14-29-27(21-38)31(40)37-33(36-29)34(15-16-34)26-11-2-1-3-12-26/h1-6,8-13,18-20,30,39H,7,14-17,21H2,(H,36,37,40). The van der Waals surface area contributed by atoms with Crippen LogP contribution in [0.5, 0.6) is 0 Å². The van der Waals surface area contributed by atoms with Gasteiger partial charge in [-0.3, -0.25) is 14.6 Å². The van der Waals surface area contributed by atoms with Crippen molar-refractivity contribution in [3.05, 3.63) is 130 Å². The molecule has 2 N–H and O–H groups in total. The third-order valence-corrected chi connectivity index (χ3v) is 8.49. The molecule has 3 heterocycles. The van der Waals surface area contributed by atoms with Crippen LogP contribution in [0.15, 0.2) is 95.9 Å². The average molecular weight is 543 g/mol. The second-order valence-corrected chi connectivity index (χ2v) is 11.1. The lowest BCUT2D eigenvalue weighted by Crippen LogP contribution is -2.36. The molecule has 1 amide bonds. The number of H-pyrrole nitrogens is 1. The van der Waals surface area contributed by atoms with Gasteiger partial charge in [0.15, 0.2) is 6.10 Å². The number of aliphatic hydroxyl groups excluding tert-OH is 1. The first-order valence-electron chi connectivity index (χ1n) is 14.1. The summed E-state index contributed by atoms with van der Waals surface area (Å²) in [5.41, 5.74) is 5.18. The monoisotopic (exact) mass is 542 g/mol. The normalized spacial score (nSPS) is 16.6. The van der Waals surface area contributed by atoms with Crippen LogP contribution in [-0.4, -0.2) is 37.4 Å². The van der Waals surface area contributed by atoms with E-state index in [-0.39, 0.29) is 17.5 Å². The SMILES string of the molecule is O=C(C(O)c1cccc(-c2cnc3ccccc3c2)c1)N1CCCc2nc(C3(c4ccccc4)CC3)[nH]c(=O)c2C1. The molecule has 0 bridgehead atoms. The predicted octanol–water partition coefficient (Wildman–Crippen LogP) is 5.07. The van der Waals surface area contributed by atoms with Crippen LogP contribution in [0.1, 0.15) is 53.6 Å². The number of pyridine rings is 1. The highest BCUT2D eigenvalue weighted by Gasteiger charge is 2.48. The molecule has 2 aromatic heterocycles. The maximum atomic E-state index is 13.5. The van der Waals surface area contributed by atoms with Gasteiger partial charge in [-0.1, -0.05) is 66.7 Å². The third kappa shape index (κ3) is 4.62. The van der Waals surface area contributed by atoms with Gasteiger partial charge in [0.1, 0.15) is 5.82 Å². The summed E-state index contributed by atoms with van der Waals surface area (Å²) in [6.45, 7) is 0.569. The Morgan fingerprint density at radius 1 is 0.951 bits per heavy atom. The van der Waals surface area contributed by atoms with E-state index < -0.39 is 12.0 Å². The number of aliphatic hydroxyl groups is 1. The van der Waals surface area contributed by atoms with Crippen LogP contribution in [0.3, 0.4) is 0 Å². The quantitative estimate of drug-likeness (QED) is 0.323. The number of benzene rings is 3. The lowest BCUT2D eigenvalue weighted by Gasteiger charge is -2.24. The number of carbonyl (C=O) groups excluding carboxylic acids is 1. The van der Waals surface area contributed by atoms with Gasteiger partial charge in [0.25, 0.3) is 11.5 Å². The van der Waals surface area contributed by atoms with Crippen molar-refractivity contribution in [2.24, 2.45) is 0 Å².